The van der Waals surface area contributed by atoms with Gasteiger partial charge in [-0.05, 0) is 27.2 Å². The summed E-state index contributed by atoms with van der Waals surface area (Å²) in [6.07, 6.45) is 2.85. The van der Waals surface area contributed by atoms with Crippen LogP contribution in [0.1, 0.15) is 27.2 Å². The highest BCUT2D eigenvalue weighted by Crippen LogP contribution is 2.48. The molecule has 2 atom stereocenters. The Bertz CT molecular complexity index is 445. The summed E-state index contributed by atoms with van der Waals surface area (Å²) < 4.78 is 10.1. The molecule has 0 heterocycles. The molecule has 2 rings (SSSR count). The lowest BCUT2D eigenvalue weighted by atomic mass is 9.92. The Balaban J connectivity index is 2.33. The Morgan fingerprint density at radius 2 is 1.72 bits per heavy atom. The second-order valence-corrected chi connectivity index (χ2v) is 4.57. The molecule has 0 saturated heterocycles. The molecule has 0 aromatic rings. The molecule has 0 N–H and O–H groups in total. The van der Waals surface area contributed by atoms with Crippen LogP contribution >= 0.6 is 0 Å². The van der Waals surface area contributed by atoms with E-state index in [0.29, 0.717) is 24.4 Å². The average Bonchev–Trinajstić information content (AvgIpc) is 2.85. The van der Waals surface area contributed by atoms with Crippen LogP contribution in [0.5, 0.6) is 0 Å². The van der Waals surface area contributed by atoms with Crippen molar-refractivity contribution in [1.29, 1.82) is 0 Å². The highest BCUT2D eigenvalue weighted by Gasteiger charge is 2.45. The van der Waals surface area contributed by atoms with Gasteiger partial charge in [0.2, 0.25) is 0 Å². The second kappa shape index (κ2) is 4.96. The zero-order valence-corrected chi connectivity index (χ0v) is 11.0. The second-order valence-electron chi connectivity index (χ2n) is 4.57. The molecule has 4 nitrogen and oxygen atoms in total. The summed E-state index contributed by atoms with van der Waals surface area (Å²) in [5.41, 5.74) is 2.17. The Morgan fingerprint density at radius 3 is 2.28 bits per heavy atom. The van der Waals surface area contributed by atoms with Crippen LogP contribution in [-0.4, -0.2) is 25.2 Å². The third-order valence-corrected chi connectivity index (χ3v) is 3.50. The summed E-state index contributed by atoms with van der Waals surface area (Å²) >= 11 is 0. The van der Waals surface area contributed by atoms with E-state index in [-0.39, 0.29) is 23.8 Å². The van der Waals surface area contributed by atoms with E-state index in [0.717, 1.165) is 12.0 Å². The molecular weight excluding hydrogens is 232 g/mol. The Kier molecular flexibility index (Phi) is 3.55. The predicted octanol–water partition coefficient (Wildman–Crippen LogP) is 2.01. The summed E-state index contributed by atoms with van der Waals surface area (Å²) in [5.74, 6) is -0.695. The number of carbonyl (C=O) groups excluding carboxylic acids is 2. The number of allylic oxidation sites excluding steroid dienone is 2. The maximum atomic E-state index is 12.0. The first-order chi connectivity index (χ1) is 8.60. The number of rotatable bonds is 4. The van der Waals surface area contributed by atoms with Gasteiger partial charge in [-0.3, -0.25) is 0 Å². The van der Waals surface area contributed by atoms with Crippen LogP contribution in [-0.2, 0) is 19.1 Å². The fraction of sp³-hybridized carbons (Fsp3) is 0.571. The summed E-state index contributed by atoms with van der Waals surface area (Å²) in [7, 11) is 0. The first-order valence-electron chi connectivity index (χ1n) is 6.36. The number of fused-ring (bicyclic) bond motifs is 2. The van der Waals surface area contributed by atoms with Gasteiger partial charge in [-0.15, -0.1) is 0 Å². The van der Waals surface area contributed by atoms with Crippen LogP contribution in [0, 0.1) is 11.8 Å². The van der Waals surface area contributed by atoms with Gasteiger partial charge in [0.15, 0.2) is 0 Å². The number of hydrogen-bond acceptors (Lipinski definition) is 4. The Labute approximate surface area is 107 Å². The van der Waals surface area contributed by atoms with Crippen molar-refractivity contribution in [3.8, 4) is 0 Å². The van der Waals surface area contributed by atoms with E-state index >= 15 is 0 Å². The molecule has 0 saturated carbocycles. The van der Waals surface area contributed by atoms with E-state index in [9.17, 15) is 9.59 Å². The topological polar surface area (TPSA) is 52.6 Å². The summed E-state index contributed by atoms with van der Waals surface area (Å²) in [6, 6.07) is 0. The van der Waals surface area contributed by atoms with Crippen LogP contribution in [0.4, 0.5) is 0 Å². The van der Waals surface area contributed by atoms with Crippen LogP contribution in [0.3, 0.4) is 0 Å². The standard InChI is InChI=1S/C14H18O4/c1-4-17-13(15)11-9-6-8(3)10(7-9)12(11)14(16)18-5-2/h6,9-10H,4-5,7H2,1-3H3. The number of ether oxygens (including phenoxy) is 2. The molecule has 18 heavy (non-hydrogen) atoms. The van der Waals surface area contributed by atoms with Gasteiger partial charge in [0, 0.05) is 11.8 Å². The maximum absolute atomic E-state index is 12.0. The number of hydrogen-bond donors (Lipinski definition) is 0. The highest BCUT2D eigenvalue weighted by molar-refractivity contribution is 6.03. The lowest BCUT2D eigenvalue weighted by Gasteiger charge is -2.17. The molecule has 2 bridgehead atoms. The van der Waals surface area contributed by atoms with Gasteiger partial charge in [-0.25, -0.2) is 9.59 Å². The van der Waals surface area contributed by atoms with Crippen molar-refractivity contribution in [1.82, 2.24) is 0 Å². The number of esters is 2. The summed E-state index contributed by atoms with van der Waals surface area (Å²) in [4.78, 5) is 23.9. The van der Waals surface area contributed by atoms with Gasteiger partial charge in [0.05, 0.1) is 24.4 Å². The van der Waals surface area contributed by atoms with Crippen molar-refractivity contribution >= 4 is 11.9 Å². The average molecular weight is 250 g/mol. The summed E-state index contributed by atoms with van der Waals surface area (Å²) in [5, 5.41) is 0. The minimum Gasteiger partial charge on any atom is -0.463 e. The van der Waals surface area contributed by atoms with Gasteiger partial charge < -0.3 is 9.47 Å². The van der Waals surface area contributed by atoms with Crippen LogP contribution in [0.15, 0.2) is 22.8 Å². The molecule has 98 valence electrons. The SMILES string of the molecule is CCOC(=O)C1=C(C(=O)OCC)C2CC1C=C2C. The van der Waals surface area contributed by atoms with Crippen molar-refractivity contribution in [2.45, 2.75) is 27.2 Å². The molecule has 2 aliphatic carbocycles. The molecule has 0 fully saturated rings. The summed E-state index contributed by atoms with van der Waals surface area (Å²) in [6.45, 7) is 6.15. The van der Waals surface area contributed by atoms with Gasteiger partial charge in [-0.2, -0.15) is 0 Å². The molecular formula is C14H18O4. The number of carbonyl (C=O) groups is 2. The van der Waals surface area contributed by atoms with Crippen molar-refractivity contribution in [3.63, 3.8) is 0 Å². The fourth-order valence-electron chi connectivity index (χ4n) is 2.81. The minimum atomic E-state index is -0.378. The van der Waals surface area contributed by atoms with Crippen molar-refractivity contribution in [2.24, 2.45) is 11.8 Å². The zero-order valence-electron chi connectivity index (χ0n) is 11.0. The lowest BCUT2D eigenvalue weighted by Crippen LogP contribution is -2.20. The van der Waals surface area contributed by atoms with Gasteiger partial charge in [-0.1, -0.05) is 11.6 Å². The van der Waals surface area contributed by atoms with Crippen LogP contribution in [0.2, 0.25) is 0 Å². The third-order valence-electron chi connectivity index (χ3n) is 3.50. The molecule has 0 aromatic heterocycles. The minimum absolute atomic E-state index is 0.0217. The molecule has 4 heteroatoms. The third kappa shape index (κ3) is 1.96. The van der Waals surface area contributed by atoms with E-state index in [4.69, 9.17) is 9.47 Å². The fourth-order valence-corrected chi connectivity index (χ4v) is 2.81. The van der Waals surface area contributed by atoms with E-state index < -0.39 is 0 Å². The Hall–Kier alpha value is -1.58. The highest BCUT2D eigenvalue weighted by atomic mass is 16.5. The van der Waals surface area contributed by atoms with E-state index in [1.165, 1.54) is 0 Å². The van der Waals surface area contributed by atoms with E-state index in [1.54, 1.807) is 13.8 Å². The molecule has 0 aliphatic heterocycles. The van der Waals surface area contributed by atoms with Crippen molar-refractivity contribution < 1.29 is 19.1 Å². The van der Waals surface area contributed by atoms with Gasteiger partial charge in [0.1, 0.15) is 0 Å². The quantitative estimate of drug-likeness (QED) is 0.565. The first kappa shape index (κ1) is 12.9. The van der Waals surface area contributed by atoms with Crippen molar-refractivity contribution in [3.05, 3.63) is 22.8 Å². The smallest absolute Gasteiger partial charge is 0.335 e. The lowest BCUT2D eigenvalue weighted by molar-refractivity contribution is -0.142. The van der Waals surface area contributed by atoms with E-state index in [2.05, 4.69) is 6.08 Å². The normalized spacial score (nSPS) is 25.2. The monoisotopic (exact) mass is 250 g/mol. The van der Waals surface area contributed by atoms with Crippen LogP contribution in [0.25, 0.3) is 0 Å². The molecule has 0 spiro atoms. The van der Waals surface area contributed by atoms with Gasteiger partial charge in [0.25, 0.3) is 0 Å². The predicted molar refractivity (Wildman–Crippen MR) is 65.6 cm³/mol. The van der Waals surface area contributed by atoms with E-state index in [1.807, 2.05) is 6.92 Å². The zero-order chi connectivity index (χ0) is 13.3. The maximum Gasteiger partial charge on any atom is 0.335 e. The van der Waals surface area contributed by atoms with Crippen molar-refractivity contribution in [2.75, 3.05) is 13.2 Å². The first-order valence-corrected chi connectivity index (χ1v) is 6.36. The molecule has 2 unspecified atom stereocenters. The largest absolute Gasteiger partial charge is 0.463 e. The Morgan fingerprint density at radius 1 is 1.17 bits per heavy atom. The molecule has 0 aromatic carbocycles. The molecule has 0 radical (unpaired) electrons. The van der Waals surface area contributed by atoms with Gasteiger partial charge >= 0.3 is 11.9 Å². The molecule has 2 aliphatic rings. The molecule has 0 amide bonds. The van der Waals surface area contributed by atoms with Crippen LogP contribution < -0.4 is 0 Å².